The maximum Gasteiger partial charge on any atom is 0.323 e. The van der Waals surface area contributed by atoms with Gasteiger partial charge in [-0.2, -0.15) is 0 Å². The molecule has 0 saturated carbocycles. The van der Waals surface area contributed by atoms with Crippen LogP contribution in [0.25, 0.3) is 0 Å². The van der Waals surface area contributed by atoms with E-state index in [0.717, 1.165) is 58.0 Å². The summed E-state index contributed by atoms with van der Waals surface area (Å²) in [5, 5.41) is 6.32. The van der Waals surface area contributed by atoms with Gasteiger partial charge in [0.25, 0.3) is 0 Å². The Hall–Kier alpha value is -3.16. The molecule has 0 bridgehead atoms. The summed E-state index contributed by atoms with van der Waals surface area (Å²) in [4.78, 5) is 82.5. The molecule has 2 aromatic carbocycles. The number of anilines is 2. The Balaban J connectivity index is 0.00000748. The highest BCUT2D eigenvalue weighted by atomic mass is 35.5. The number of carbonyl (C=O) groups is 6. The van der Waals surface area contributed by atoms with Crippen LogP contribution in [0.5, 0.6) is 0 Å². The van der Waals surface area contributed by atoms with Gasteiger partial charge in [-0.05, 0) is 74.2 Å². The highest BCUT2D eigenvalue weighted by Crippen LogP contribution is 2.19. The number of rotatable bonds is 31. The SMILES string of the molecule is Cl.Cl.N[C@@H](Cc1ccc(N(CCCl)CCCl)cc1)C(=O)OCCN1C(=O)CC(NCCCCCCNC2CC(=O)N(CCOC(=O)[C@@H](N)Cc3ccc(N(CCCl)CCCl)cc3)C2=O)C1=O. The second-order valence-electron chi connectivity index (χ2n) is 15.6. The molecule has 2 aliphatic heterocycles. The van der Waals surface area contributed by atoms with Crippen LogP contribution in [0.2, 0.25) is 0 Å². The summed E-state index contributed by atoms with van der Waals surface area (Å²) in [6, 6.07) is 12.2. The van der Waals surface area contributed by atoms with E-state index in [2.05, 4.69) is 20.4 Å². The van der Waals surface area contributed by atoms with Crippen LogP contribution in [0.1, 0.15) is 49.7 Å². The Labute approximate surface area is 420 Å². The van der Waals surface area contributed by atoms with Crippen molar-refractivity contribution in [3.63, 3.8) is 0 Å². The van der Waals surface area contributed by atoms with Gasteiger partial charge in [-0.15, -0.1) is 71.2 Å². The van der Waals surface area contributed by atoms with Gasteiger partial charge in [0.15, 0.2) is 0 Å². The fourth-order valence-corrected chi connectivity index (χ4v) is 8.32. The number of hydrogen-bond acceptors (Lipinski definition) is 14. The number of ether oxygens (including phenoxy) is 2. The van der Waals surface area contributed by atoms with Crippen LogP contribution in [0.4, 0.5) is 11.4 Å². The number of imide groups is 2. The summed E-state index contributed by atoms with van der Waals surface area (Å²) in [5.41, 5.74) is 15.8. The van der Waals surface area contributed by atoms with Gasteiger partial charge in [-0.25, -0.2) is 0 Å². The van der Waals surface area contributed by atoms with Crippen LogP contribution in [-0.4, -0.2) is 159 Å². The highest BCUT2D eigenvalue weighted by Gasteiger charge is 2.39. The second kappa shape index (κ2) is 31.8. The number of hydrogen-bond donors (Lipinski definition) is 4. The lowest BCUT2D eigenvalue weighted by Crippen LogP contribution is -2.41. The molecule has 4 amide bonds. The molecule has 6 N–H and O–H groups in total. The molecule has 2 aromatic rings. The first kappa shape index (κ1) is 59.0. The lowest BCUT2D eigenvalue weighted by atomic mass is 10.1. The first-order chi connectivity index (χ1) is 30.9. The van der Waals surface area contributed by atoms with Crippen LogP contribution in [0.15, 0.2) is 48.5 Å². The predicted molar refractivity (Wildman–Crippen MR) is 265 cm³/mol. The van der Waals surface area contributed by atoms with Gasteiger partial charge in [-0.3, -0.25) is 38.6 Å². The molecular formula is C44H64Cl6N8O8. The minimum atomic E-state index is -0.910. The minimum absolute atomic E-state index is 0. The standard InChI is InChI=1S/C44H62Cl4N8O8.2ClH/c45-13-19-53(20-14-46)33-9-5-31(6-10-33)27-35(49)43(61)63-25-23-55-39(57)29-37(41(55)59)51-17-3-1-2-4-18-52-38-30-40(58)56(42(38)60)24-26-64-44(62)36(50)28-32-7-11-34(12-8-32)54(21-15-47)22-16-48;;/h5-12,35-38,51-52H,1-4,13-30,49-50H2;2*1H/t35-,36-,37?,38?;;/m0../s1. The zero-order valence-corrected chi connectivity index (χ0v) is 41.7. The topological polar surface area (TPSA) is 210 Å². The van der Waals surface area contributed by atoms with E-state index in [0.29, 0.717) is 62.8 Å². The molecule has 0 aromatic heterocycles. The molecule has 0 spiro atoms. The number of benzene rings is 2. The Kier molecular flexibility index (Phi) is 28.4. The summed E-state index contributed by atoms with van der Waals surface area (Å²) >= 11 is 23.6. The number of unbranched alkanes of at least 4 members (excludes halogenated alkanes) is 3. The van der Waals surface area contributed by atoms with Gasteiger partial charge >= 0.3 is 11.9 Å². The van der Waals surface area contributed by atoms with Crippen LogP contribution < -0.4 is 31.9 Å². The van der Waals surface area contributed by atoms with E-state index in [9.17, 15) is 28.8 Å². The maximum atomic E-state index is 12.9. The molecule has 4 rings (SSSR count). The number of esters is 2. The molecule has 16 nitrogen and oxygen atoms in total. The average Bonchev–Trinajstić information content (AvgIpc) is 3.71. The van der Waals surface area contributed by atoms with E-state index in [1.54, 1.807) is 0 Å². The van der Waals surface area contributed by atoms with Crippen molar-refractivity contribution in [3.05, 3.63) is 59.7 Å². The van der Waals surface area contributed by atoms with Crippen molar-refractivity contribution in [1.29, 1.82) is 0 Å². The number of amides is 4. The van der Waals surface area contributed by atoms with Crippen molar-refractivity contribution in [3.8, 4) is 0 Å². The second-order valence-corrected chi connectivity index (χ2v) is 17.1. The number of nitrogens with zero attached hydrogens (tertiary/aromatic N) is 4. The molecule has 370 valence electrons. The van der Waals surface area contributed by atoms with Gasteiger partial charge in [0.2, 0.25) is 23.6 Å². The quantitative estimate of drug-likeness (QED) is 0.0368. The van der Waals surface area contributed by atoms with E-state index in [4.69, 9.17) is 67.3 Å². The fourth-order valence-electron chi connectivity index (χ4n) is 7.51. The average molecular weight is 1050 g/mol. The molecule has 0 aliphatic carbocycles. The van der Waals surface area contributed by atoms with Crippen LogP contribution >= 0.6 is 71.2 Å². The molecule has 2 heterocycles. The molecule has 2 saturated heterocycles. The monoisotopic (exact) mass is 1040 g/mol. The Bertz CT molecular complexity index is 1680. The zero-order chi connectivity index (χ0) is 46.4. The summed E-state index contributed by atoms with van der Waals surface area (Å²) in [6.45, 7) is 3.29. The lowest BCUT2D eigenvalue weighted by Gasteiger charge is -2.23. The molecule has 22 heteroatoms. The first-order valence-electron chi connectivity index (χ1n) is 21.8. The van der Waals surface area contributed by atoms with Crippen molar-refractivity contribution < 1.29 is 38.2 Å². The number of alkyl halides is 4. The van der Waals surface area contributed by atoms with Crippen LogP contribution in [0.3, 0.4) is 0 Å². The molecule has 66 heavy (non-hydrogen) atoms. The van der Waals surface area contributed by atoms with Crippen LogP contribution in [0, 0.1) is 0 Å². The Morgan fingerprint density at radius 2 is 0.924 bits per heavy atom. The number of nitrogens with one attached hydrogen (secondary N) is 2. The van der Waals surface area contributed by atoms with Gasteiger partial charge in [-0.1, -0.05) is 37.1 Å². The largest absolute Gasteiger partial charge is 0.463 e. The maximum absolute atomic E-state index is 12.9. The normalized spacial score (nSPS) is 16.8. The van der Waals surface area contributed by atoms with Gasteiger partial charge in [0.1, 0.15) is 25.3 Å². The van der Waals surface area contributed by atoms with Crippen LogP contribution in [-0.2, 0) is 51.1 Å². The fraction of sp³-hybridized carbons (Fsp3) is 0.591. The molecule has 4 atom stereocenters. The van der Waals surface area contributed by atoms with E-state index >= 15 is 0 Å². The van der Waals surface area contributed by atoms with E-state index in [1.807, 2.05) is 48.5 Å². The highest BCUT2D eigenvalue weighted by molar-refractivity contribution is 6.19. The van der Waals surface area contributed by atoms with E-state index < -0.39 is 36.1 Å². The van der Waals surface area contributed by atoms with Crippen molar-refractivity contribution in [1.82, 2.24) is 20.4 Å². The van der Waals surface area contributed by atoms with Gasteiger partial charge < -0.3 is 41.4 Å². The molecular weight excluding hydrogens is 981 g/mol. The number of halogens is 6. The summed E-state index contributed by atoms with van der Waals surface area (Å²) in [6.07, 6.45) is 3.80. The lowest BCUT2D eigenvalue weighted by molar-refractivity contribution is -0.149. The zero-order valence-electron chi connectivity index (χ0n) is 37.0. The van der Waals surface area contributed by atoms with Crippen molar-refractivity contribution in [2.24, 2.45) is 11.5 Å². The number of nitrogens with two attached hydrogens (primary N) is 2. The molecule has 0 radical (unpaired) electrons. The summed E-state index contributed by atoms with van der Waals surface area (Å²) in [5.74, 6) is -0.746. The van der Waals surface area contributed by atoms with Gasteiger partial charge in [0.05, 0.1) is 38.0 Å². The van der Waals surface area contributed by atoms with Crippen molar-refractivity contribution >= 4 is 118 Å². The van der Waals surface area contributed by atoms with E-state index in [1.165, 1.54) is 0 Å². The minimum Gasteiger partial charge on any atom is -0.463 e. The van der Waals surface area contributed by atoms with Crippen molar-refractivity contribution in [2.75, 3.05) is 98.9 Å². The Morgan fingerprint density at radius 3 is 1.24 bits per heavy atom. The third kappa shape index (κ3) is 18.7. The number of carbonyl (C=O) groups excluding carboxylic acids is 6. The Morgan fingerprint density at radius 1 is 0.591 bits per heavy atom. The van der Waals surface area contributed by atoms with Crippen molar-refractivity contribution in [2.45, 2.75) is 75.5 Å². The molecule has 2 aliphatic rings. The summed E-state index contributed by atoms with van der Waals surface area (Å²) < 4.78 is 10.6. The third-order valence-electron chi connectivity index (χ3n) is 11.0. The first-order valence-corrected chi connectivity index (χ1v) is 24.0. The third-order valence-corrected chi connectivity index (χ3v) is 11.7. The molecule has 2 fully saturated rings. The molecule has 2 unspecified atom stereocenters. The smallest absolute Gasteiger partial charge is 0.323 e. The number of likely N-dealkylation sites (tertiary alicyclic amines) is 2. The summed E-state index contributed by atoms with van der Waals surface area (Å²) in [7, 11) is 0. The van der Waals surface area contributed by atoms with Gasteiger partial charge in [0, 0.05) is 61.1 Å². The van der Waals surface area contributed by atoms with E-state index in [-0.39, 0.29) is 100 Å². The predicted octanol–water partition coefficient (Wildman–Crippen LogP) is 3.62.